The second kappa shape index (κ2) is 9.13. The van der Waals surface area contributed by atoms with Gasteiger partial charge in [0.15, 0.2) is 5.78 Å². The van der Waals surface area contributed by atoms with Crippen LogP contribution in [0.2, 0.25) is 0 Å². The SMILES string of the molecule is C=CCCC(=O)c1cccc(OC)c1C/C=C/CCC. The van der Waals surface area contributed by atoms with Crippen LogP contribution in [0.4, 0.5) is 0 Å². The lowest BCUT2D eigenvalue weighted by Crippen LogP contribution is -2.05. The van der Waals surface area contributed by atoms with E-state index in [4.69, 9.17) is 4.74 Å². The van der Waals surface area contributed by atoms with E-state index in [-0.39, 0.29) is 5.78 Å². The van der Waals surface area contributed by atoms with Gasteiger partial charge in [-0.2, -0.15) is 0 Å². The van der Waals surface area contributed by atoms with E-state index in [9.17, 15) is 4.79 Å². The molecule has 0 unspecified atom stereocenters. The van der Waals surface area contributed by atoms with Gasteiger partial charge >= 0.3 is 0 Å². The molecule has 20 heavy (non-hydrogen) atoms. The maximum atomic E-state index is 12.3. The smallest absolute Gasteiger partial charge is 0.163 e. The van der Waals surface area contributed by atoms with Crippen molar-refractivity contribution in [3.63, 3.8) is 0 Å². The van der Waals surface area contributed by atoms with Crippen LogP contribution >= 0.6 is 0 Å². The van der Waals surface area contributed by atoms with Crippen molar-refractivity contribution in [1.82, 2.24) is 0 Å². The second-order valence-electron chi connectivity index (χ2n) is 4.70. The molecule has 0 aliphatic heterocycles. The Morgan fingerprint density at radius 2 is 2.10 bits per heavy atom. The van der Waals surface area contributed by atoms with Gasteiger partial charge in [0, 0.05) is 17.5 Å². The minimum atomic E-state index is 0.155. The first kappa shape index (κ1) is 16.2. The molecule has 0 aromatic heterocycles. The number of Topliss-reactive ketones (excluding diaryl/α,β-unsaturated/α-hetero) is 1. The third-order valence-corrected chi connectivity index (χ3v) is 3.17. The highest BCUT2D eigenvalue weighted by molar-refractivity contribution is 5.98. The van der Waals surface area contributed by atoms with Crippen molar-refractivity contribution in [3.8, 4) is 5.75 Å². The summed E-state index contributed by atoms with van der Waals surface area (Å²) in [5.41, 5.74) is 1.75. The Morgan fingerprint density at radius 1 is 1.30 bits per heavy atom. The van der Waals surface area contributed by atoms with Crippen LogP contribution in [-0.2, 0) is 6.42 Å². The maximum absolute atomic E-state index is 12.3. The highest BCUT2D eigenvalue weighted by Crippen LogP contribution is 2.24. The zero-order valence-corrected chi connectivity index (χ0v) is 12.5. The predicted octanol–water partition coefficient (Wildman–Crippen LogP) is 4.74. The van der Waals surface area contributed by atoms with Gasteiger partial charge in [0.25, 0.3) is 0 Å². The first-order valence-corrected chi connectivity index (χ1v) is 7.19. The van der Waals surface area contributed by atoms with Crippen molar-refractivity contribution in [2.24, 2.45) is 0 Å². The Kier molecular flexibility index (Phi) is 7.41. The van der Waals surface area contributed by atoms with E-state index < -0.39 is 0 Å². The lowest BCUT2D eigenvalue weighted by atomic mass is 9.97. The van der Waals surface area contributed by atoms with E-state index >= 15 is 0 Å². The van der Waals surface area contributed by atoms with E-state index in [1.165, 1.54) is 0 Å². The number of methoxy groups -OCH3 is 1. The van der Waals surface area contributed by atoms with Crippen LogP contribution in [0.25, 0.3) is 0 Å². The lowest BCUT2D eigenvalue weighted by Gasteiger charge is -2.11. The molecule has 0 amide bonds. The molecule has 0 saturated heterocycles. The molecule has 2 heteroatoms. The minimum Gasteiger partial charge on any atom is -0.496 e. The van der Waals surface area contributed by atoms with Gasteiger partial charge in [-0.25, -0.2) is 0 Å². The normalized spacial score (nSPS) is 10.7. The molecule has 2 nitrogen and oxygen atoms in total. The van der Waals surface area contributed by atoms with Crippen LogP contribution in [0.15, 0.2) is 43.0 Å². The summed E-state index contributed by atoms with van der Waals surface area (Å²) in [5.74, 6) is 0.943. The van der Waals surface area contributed by atoms with E-state index in [2.05, 4.69) is 25.7 Å². The van der Waals surface area contributed by atoms with Crippen molar-refractivity contribution in [2.45, 2.75) is 39.0 Å². The Bertz CT molecular complexity index is 472. The van der Waals surface area contributed by atoms with Crippen LogP contribution in [0, 0.1) is 0 Å². The summed E-state index contributed by atoms with van der Waals surface area (Å²) < 4.78 is 5.39. The summed E-state index contributed by atoms with van der Waals surface area (Å²) in [6.07, 6.45) is 10.2. The standard InChI is InChI=1S/C18H24O2/c1-4-6-8-9-11-16-15(17(19)13-7-5-2)12-10-14-18(16)20-3/h5,8-10,12,14H,2,4,6-7,11,13H2,1,3H3/b9-8+. The molecule has 1 rings (SSSR count). The van der Waals surface area contributed by atoms with Crippen molar-refractivity contribution in [1.29, 1.82) is 0 Å². The van der Waals surface area contributed by atoms with Gasteiger partial charge in [0.2, 0.25) is 0 Å². The number of unbranched alkanes of at least 4 members (excludes halogenated alkanes) is 1. The Morgan fingerprint density at radius 3 is 2.75 bits per heavy atom. The van der Waals surface area contributed by atoms with E-state index in [1.807, 2.05) is 18.2 Å². The summed E-state index contributed by atoms with van der Waals surface area (Å²) >= 11 is 0. The zero-order chi connectivity index (χ0) is 14.8. The van der Waals surface area contributed by atoms with Gasteiger partial charge < -0.3 is 4.74 Å². The molecule has 1 aromatic rings. The number of ketones is 1. The summed E-state index contributed by atoms with van der Waals surface area (Å²) in [4.78, 5) is 12.3. The van der Waals surface area contributed by atoms with Crippen molar-refractivity contribution < 1.29 is 9.53 Å². The van der Waals surface area contributed by atoms with Crippen molar-refractivity contribution in [3.05, 3.63) is 54.1 Å². The first-order valence-electron chi connectivity index (χ1n) is 7.19. The summed E-state index contributed by atoms with van der Waals surface area (Å²) in [6, 6.07) is 5.67. The molecule has 108 valence electrons. The molecular weight excluding hydrogens is 248 g/mol. The number of carbonyl (C=O) groups is 1. The van der Waals surface area contributed by atoms with Crippen LogP contribution in [0.1, 0.15) is 48.5 Å². The summed E-state index contributed by atoms with van der Waals surface area (Å²) in [5, 5.41) is 0. The van der Waals surface area contributed by atoms with E-state index in [1.54, 1.807) is 13.2 Å². The molecule has 0 atom stereocenters. The van der Waals surface area contributed by atoms with Gasteiger partial charge in [0.1, 0.15) is 5.75 Å². The van der Waals surface area contributed by atoms with E-state index in [0.717, 1.165) is 36.1 Å². The predicted molar refractivity (Wildman–Crippen MR) is 84.5 cm³/mol. The molecule has 0 heterocycles. The lowest BCUT2D eigenvalue weighted by molar-refractivity contribution is 0.0982. The number of ether oxygens (including phenoxy) is 1. The average molecular weight is 272 g/mol. The van der Waals surface area contributed by atoms with Gasteiger partial charge in [-0.1, -0.05) is 43.7 Å². The Hall–Kier alpha value is -1.83. The molecule has 0 aliphatic carbocycles. The molecule has 0 bridgehead atoms. The highest BCUT2D eigenvalue weighted by atomic mass is 16.5. The number of benzene rings is 1. The van der Waals surface area contributed by atoms with Gasteiger partial charge in [-0.05, 0) is 25.3 Å². The van der Waals surface area contributed by atoms with Crippen LogP contribution in [-0.4, -0.2) is 12.9 Å². The summed E-state index contributed by atoms with van der Waals surface area (Å²) in [7, 11) is 1.65. The van der Waals surface area contributed by atoms with Gasteiger partial charge in [-0.15, -0.1) is 6.58 Å². The number of carbonyl (C=O) groups excluding carboxylic acids is 1. The number of hydrogen-bond acceptors (Lipinski definition) is 2. The Labute approximate surface area is 122 Å². The fourth-order valence-electron chi connectivity index (χ4n) is 2.08. The molecular formula is C18H24O2. The van der Waals surface area contributed by atoms with Crippen LogP contribution in [0.5, 0.6) is 5.75 Å². The molecule has 0 radical (unpaired) electrons. The average Bonchev–Trinajstić information content (AvgIpc) is 2.49. The number of hydrogen-bond donors (Lipinski definition) is 0. The molecule has 1 aromatic carbocycles. The molecule has 0 aliphatic rings. The maximum Gasteiger partial charge on any atom is 0.163 e. The number of allylic oxidation sites excluding steroid dienone is 3. The van der Waals surface area contributed by atoms with Crippen molar-refractivity contribution in [2.75, 3.05) is 7.11 Å². The molecule has 0 saturated carbocycles. The largest absolute Gasteiger partial charge is 0.496 e. The highest BCUT2D eigenvalue weighted by Gasteiger charge is 2.13. The monoisotopic (exact) mass is 272 g/mol. The fourth-order valence-corrected chi connectivity index (χ4v) is 2.08. The topological polar surface area (TPSA) is 26.3 Å². The Balaban J connectivity index is 2.97. The minimum absolute atomic E-state index is 0.155. The molecule has 0 spiro atoms. The van der Waals surface area contributed by atoms with Crippen LogP contribution in [0.3, 0.4) is 0 Å². The van der Waals surface area contributed by atoms with Crippen LogP contribution < -0.4 is 4.74 Å². The molecule has 0 N–H and O–H groups in total. The molecule has 0 fully saturated rings. The van der Waals surface area contributed by atoms with Gasteiger partial charge in [0.05, 0.1) is 7.11 Å². The second-order valence-corrected chi connectivity index (χ2v) is 4.70. The number of rotatable bonds is 9. The third-order valence-electron chi connectivity index (χ3n) is 3.17. The zero-order valence-electron chi connectivity index (χ0n) is 12.5. The van der Waals surface area contributed by atoms with Crippen molar-refractivity contribution >= 4 is 5.78 Å². The quantitative estimate of drug-likeness (QED) is 0.479. The fraction of sp³-hybridized carbons (Fsp3) is 0.389. The first-order chi connectivity index (χ1) is 9.74. The van der Waals surface area contributed by atoms with Gasteiger partial charge in [-0.3, -0.25) is 4.79 Å². The van der Waals surface area contributed by atoms with E-state index in [0.29, 0.717) is 12.8 Å². The summed E-state index contributed by atoms with van der Waals surface area (Å²) in [6.45, 7) is 5.81. The third kappa shape index (κ3) is 4.69.